The summed E-state index contributed by atoms with van der Waals surface area (Å²) < 4.78 is 1.18. The third kappa shape index (κ3) is 2.06. The molecule has 0 amide bonds. The first kappa shape index (κ1) is 10.8. The standard InChI is InChI=1S/C14H10ClNS/c15-13(10-6-2-1-3-7-10)14-16-11-8-4-5-9-12(11)17-14/h1-9,13H. The van der Waals surface area contributed by atoms with Crippen molar-refractivity contribution in [1.82, 2.24) is 4.98 Å². The van der Waals surface area contributed by atoms with Gasteiger partial charge in [-0.3, -0.25) is 0 Å². The summed E-state index contributed by atoms with van der Waals surface area (Å²) >= 11 is 8.11. The lowest BCUT2D eigenvalue weighted by atomic mass is 10.1. The Morgan fingerprint density at radius 3 is 2.41 bits per heavy atom. The van der Waals surface area contributed by atoms with E-state index in [9.17, 15) is 0 Å². The lowest BCUT2D eigenvalue weighted by Gasteiger charge is -2.05. The van der Waals surface area contributed by atoms with Gasteiger partial charge in [0.2, 0.25) is 0 Å². The zero-order chi connectivity index (χ0) is 11.7. The molecule has 1 unspecified atom stereocenters. The molecule has 17 heavy (non-hydrogen) atoms. The van der Waals surface area contributed by atoms with E-state index in [0.717, 1.165) is 16.1 Å². The average Bonchev–Trinajstić information content (AvgIpc) is 2.82. The van der Waals surface area contributed by atoms with Gasteiger partial charge >= 0.3 is 0 Å². The monoisotopic (exact) mass is 259 g/mol. The highest BCUT2D eigenvalue weighted by atomic mass is 35.5. The van der Waals surface area contributed by atoms with Crippen molar-refractivity contribution in [2.45, 2.75) is 5.38 Å². The van der Waals surface area contributed by atoms with Crippen LogP contribution in [0.5, 0.6) is 0 Å². The van der Waals surface area contributed by atoms with Gasteiger partial charge in [-0.15, -0.1) is 22.9 Å². The average molecular weight is 260 g/mol. The van der Waals surface area contributed by atoms with Crippen molar-refractivity contribution in [1.29, 1.82) is 0 Å². The first-order valence-corrected chi connectivity index (χ1v) is 6.64. The second-order valence-electron chi connectivity index (χ2n) is 3.79. The Morgan fingerprint density at radius 2 is 1.65 bits per heavy atom. The Bertz CT molecular complexity index is 600. The van der Waals surface area contributed by atoms with Gasteiger partial charge in [0, 0.05) is 0 Å². The van der Waals surface area contributed by atoms with Crippen LogP contribution >= 0.6 is 22.9 Å². The van der Waals surface area contributed by atoms with E-state index in [1.54, 1.807) is 11.3 Å². The molecule has 0 aliphatic rings. The van der Waals surface area contributed by atoms with Crippen molar-refractivity contribution in [2.75, 3.05) is 0 Å². The number of halogens is 1. The first-order chi connectivity index (χ1) is 8.34. The molecular formula is C14H10ClNS. The molecule has 3 rings (SSSR count). The molecule has 1 heterocycles. The number of hydrogen-bond donors (Lipinski definition) is 0. The number of alkyl halides is 1. The Kier molecular flexibility index (Phi) is 2.83. The highest BCUT2D eigenvalue weighted by Crippen LogP contribution is 2.34. The minimum Gasteiger partial charge on any atom is -0.239 e. The number of benzene rings is 2. The van der Waals surface area contributed by atoms with Crippen LogP contribution in [0.4, 0.5) is 0 Å². The molecule has 0 bridgehead atoms. The van der Waals surface area contributed by atoms with Crippen molar-refractivity contribution in [3.8, 4) is 0 Å². The van der Waals surface area contributed by atoms with Gasteiger partial charge in [-0.1, -0.05) is 42.5 Å². The third-order valence-electron chi connectivity index (χ3n) is 2.62. The highest BCUT2D eigenvalue weighted by Gasteiger charge is 2.14. The van der Waals surface area contributed by atoms with E-state index >= 15 is 0 Å². The molecule has 3 aromatic rings. The number of fused-ring (bicyclic) bond motifs is 1. The van der Waals surface area contributed by atoms with Crippen LogP contribution in [0, 0.1) is 0 Å². The number of hydrogen-bond acceptors (Lipinski definition) is 2. The van der Waals surface area contributed by atoms with Crippen LogP contribution in [-0.2, 0) is 0 Å². The van der Waals surface area contributed by atoms with Crippen LogP contribution in [0.2, 0.25) is 0 Å². The summed E-state index contributed by atoms with van der Waals surface area (Å²) in [5.74, 6) is 0. The fraction of sp³-hybridized carbons (Fsp3) is 0.0714. The Hall–Kier alpha value is -1.38. The lowest BCUT2D eigenvalue weighted by Crippen LogP contribution is -1.91. The molecule has 0 saturated heterocycles. The lowest BCUT2D eigenvalue weighted by molar-refractivity contribution is 1.11. The first-order valence-electron chi connectivity index (χ1n) is 5.39. The number of nitrogens with zero attached hydrogens (tertiary/aromatic N) is 1. The molecule has 0 aliphatic heterocycles. The SMILES string of the molecule is ClC(c1ccccc1)c1nc2ccccc2s1. The Balaban J connectivity index is 2.04. The van der Waals surface area contributed by atoms with Gasteiger partial charge in [0.1, 0.15) is 10.4 Å². The van der Waals surface area contributed by atoms with Crippen molar-refractivity contribution >= 4 is 33.2 Å². The summed E-state index contributed by atoms with van der Waals surface area (Å²) in [6, 6.07) is 18.2. The number of rotatable bonds is 2. The van der Waals surface area contributed by atoms with Crippen LogP contribution in [0.1, 0.15) is 15.9 Å². The predicted molar refractivity (Wildman–Crippen MR) is 73.8 cm³/mol. The second kappa shape index (κ2) is 4.47. The number of aromatic nitrogens is 1. The maximum absolute atomic E-state index is 6.45. The maximum atomic E-state index is 6.45. The molecule has 1 atom stereocenters. The molecule has 0 fully saturated rings. The topological polar surface area (TPSA) is 12.9 Å². The third-order valence-corrected chi connectivity index (χ3v) is 4.31. The fourth-order valence-electron chi connectivity index (χ4n) is 1.76. The van der Waals surface area contributed by atoms with Crippen molar-refractivity contribution < 1.29 is 0 Å². The summed E-state index contributed by atoms with van der Waals surface area (Å²) in [5, 5.41) is 0.799. The molecule has 0 spiro atoms. The zero-order valence-corrected chi connectivity index (χ0v) is 10.6. The van der Waals surface area contributed by atoms with Crippen LogP contribution in [-0.4, -0.2) is 4.98 Å². The molecular weight excluding hydrogens is 250 g/mol. The van der Waals surface area contributed by atoms with Gasteiger partial charge < -0.3 is 0 Å². The fourth-order valence-corrected chi connectivity index (χ4v) is 3.06. The molecule has 0 radical (unpaired) electrons. The summed E-state index contributed by atoms with van der Waals surface area (Å²) in [6.07, 6.45) is 0. The minimum absolute atomic E-state index is 0.159. The normalized spacial score (nSPS) is 12.8. The second-order valence-corrected chi connectivity index (χ2v) is 5.29. The predicted octanol–water partition coefficient (Wildman–Crippen LogP) is 4.62. The van der Waals surface area contributed by atoms with E-state index in [1.807, 2.05) is 48.5 Å². The maximum Gasteiger partial charge on any atom is 0.116 e. The van der Waals surface area contributed by atoms with Crippen molar-refractivity contribution in [3.05, 3.63) is 65.2 Å². The molecule has 0 saturated carbocycles. The van der Waals surface area contributed by atoms with Gasteiger partial charge in [0.15, 0.2) is 0 Å². The van der Waals surface area contributed by atoms with Crippen molar-refractivity contribution in [3.63, 3.8) is 0 Å². The summed E-state index contributed by atoms with van der Waals surface area (Å²) in [7, 11) is 0. The van der Waals surface area contributed by atoms with Gasteiger partial charge in [-0.2, -0.15) is 0 Å². The van der Waals surface area contributed by atoms with Gasteiger partial charge in [0.25, 0.3) is 0 Å². The Labute approximate surface area is 109 Å². The summed E-state index contributed by atoms with van der Waals surface area (Å²) in [5.41, 5.74) is 2.11. The molecule has 1 nitrogen and oxygen atoms in total. The van der Waals surface area contributed by atoms with E-state index < -0.39 is 0 Å². The zero-order valence-electron chi connectivity index (χ0n) is 9.01. The summed E-state index contributed by atoms with van der Waals surface area (Å²) in [6.45, 7) is 0. The van der Waals surface area contributed by atoms with Crippen LogP contribution in [0.25, 0.3) is 10.2 Å². The van der Waals surface area contributed by atoms with E-state index in [1.165, 1.54) is 4.70 Å². The molecule has 2 aromatic carbocycles. The molecule has 3 heteroatoms. The minimum atomic E-state index is -0.159. The van der Waals surface area contributed by atoms with Gasteiger partial charge in [-0.25, -0.2) is 4.98 Å². The Morgan fingerprint density at radius 1 is 0.941 bits per heavy atom. The van der Waals surface area contributed by atoms with E-state index in [4.69, 9.17) is 11.6 Å². The van der Waals surface area contributed by atoms with Gasteiger partial charge in [0.05, 0.1) is 10.2 Å². The van der Waals surface area contributed by atoms with E-state index in [0.29, 0.717) is 0 Å². The number of para-hydroxylation sites is 1. The number of thiazole rings is 1. The van der Waals surface area contributed by atoms with Crippen LogP contribution in [0.3, 0.4) is 0 Å². The van der Waals surface area contributed by atoms with Gasteiger partial charge in [-0.05, 0) is 17.7 Å². The smallest absolute Gasteiger partial charge is 0.116 e. The molecule has 0 N–H and O–H groups in total. The molecule has 84 valence electrons. The molecule has 0 aliphatic carbocycles. The van der Waals surface area contributed by atoms with E-state index in [-0.39, 0.29) is 5.38 Å². The van der Waals surface area contributed by atoms with E-state index in [2.05, 4.69) is 11.1 Å². The highest BCUT2D eigenvalue weighted by molar-refractivity contribution is 7.18. The molecule has 1 aromatic heterocycles. The quantitative estimate of drug-likeness (QED) is 0.612. The summed E-state index contributed by atoms with van der Waals surface area (Å²) in [4.78, 5) is 4.58. The van der Waals surface area contributed by atoms with Crippen LogP contribution in [0.15, 0.2) is 54.6 Å². The van der Waals surface area contributed by atoms with Crippen LogP contribution < -0.4 is 0 Å². The largest absolute Gasteiger partial charge is 0.239 e. The van der Waals surface area contributed by atoms with Crippen molar-refractivity contribution in [2.24, 2.45) is 0 Å².